The van der Waals surface area contributed by atoms with E-state index in [-0.39, 0.29) is 52.4 Å². The lowest BCUT2D eigenvalue weighted by atomic mass is 10.0. The molecule has 35 heavy (non-hydrogen) atoms. The summed E-state index contributed by atoms with van der Waals surface area (Å²) in [6.45, 7) is -1.42. The summed E-state index contributed by atoms with van der Waals surface area (Å²) in [7, 11) is 1.35. The number of alkyl halides is 3. The first kappa shape index (κ1) is 24.0. The van der Waals surface area contributed by atoms with Crippen molar-refractivity contribution < 1.29 is 46.9 Å². The van der Waals surface area contributed by atoms with E-state index in [0.717, 1.165) is 29.2 Å². The van der Waals surface area contributed by atoms with E-state index >= 15 is 0 Å². The van der Waals surface area contributed by atoms with Crippen LogP contribution >= 0.6 is 0 Å². The predicted molar refractivity (Wildman–Crippen MR) is 113 cm³/mol. The monoisotopic (exact) mass is 490 g/mol. The van der Waals surface area contributed by atoms with E-state index in [2.05, 4.69) is 4.98 Å². The first-order valence-electron chi connectivity index (χ1n) is 10.1. The highest BCUT2D eigenvalue weighted by Crippen LogP contribution is 2.44. The maximum Gasteiger partial charge on any atom is 0.416 e. The number of aliphatic carboxylic acids is 1. The number of benzene rings is 2. The molecule has 12 heteroatoms. The molecule has 182 valence electrons. The van der Waals surface area contributed by atoms with Gasteiger partial charge in [-0.3, -0.25) is 19.5 Å². The van der Waals surface area contributed by atoms with Gasteiger partial charge in [0.2, 0.25) is 0 Å². The van der Waals surface area contributed by atoms with Gasteiger partial charge >= 0.3 is 12.1 Å². The first-order valence-corrected chi connectivity index (χ1v) is 10.1. The number of amides is 2. The molecule has 0 atom stereocenters. The van der Waals surface area contributed by atoms with Crippen LogP contribution in [0.4, 0.5) is 13.2 Å². The molecule has 0 saturated heterocycles. The number of carboxylic acids is 1. The molecular weight excluding hydrogens is 473 g/mol. The van der Waals surface area contributed by atoms with E-state index in [1.165, 1.54) is 25.4 Å². The average molecular weight is 490 g/mol. The van der Waals surface area contributed by atoms with Crippen LogP contribution in [0, 0.1) is 0 Å². The fourth-order valence-electron chi connectivity index (χ4n) is 3.69. The minimum absolute atomic E-state index is 0.0617. The highest BCUT2D eigenvalue weighted by molar-refractivity contribution is 6.27. The molecule has 0 saturated carbocycles. The Morgan fingerprint density at radius 2 is 1.69 bits per heavy atom. The van der Waals surface area contributed by atoms with Gasteiger partial charge < -0.3 is 19.3 Å². The Balaban J connectivity index is 1.82. The molecule has 4 rings (SSSR count). The number of aromatic nitrogens is 1. The van der Waals surface area contributed by atoms with Crippen LogP contribution in [0.2, 0.25) is 0 Å². The van der Waals surface area contributed by atoms with Crippen molar-refractivity contribution in [2.75, 3.05) is 20.5 Å². The number of carbonyl (C=O) groups excluding carboxylic acids is 2. The van der Waals surface area contributed by atoms with Gasteiger partial charge in [-0.2, -0.15) is 13.2 Å². The summed E-state index contributed by atoms with van der Waals surface area (Å²) in [6, 6.07) is 7.07. The number of fused-ring (bicyclic) bond motifs is 2. The largest absolute Gasteiger partial charge is 0.480 e. The number of ether oxygens (including phenoxy) is 3. The molecule has 0 aliphatic carbocycles. The number of halogens is 3. The Hall–Kier alpha value is -4.19. The topological polar surface area (TPSA) is 115 Å². The van der Waals surface area contributed by atoms with E-state index in [0.29, 0.717) is 0 Å². The van der Waals surface area contributed by atoms with Gasteiger partial charge in [-0.1, -0.05) is 12.1 Å². The van der Waals surface area contributed by atoms with Crippen LogP contribution in [0.25, 0.3) is 10.9 Å². The van der Waals surface area contributed by atoms with Gasteiger partial charge in [0.15, 0.2) is 19.1 Å². The van der Waals surface area contributed by atoms with E-state index < -0.39 is 36.1 Å². The smallest absolute Gasteiger partial charge is 0.416 e. The molecule has 1 N–H and O–H groups in total. The third kappa shape index (κ3) is 4.47. The minimum Gasteiger partial charge on any atom is -0.480 e. The third-order valence-corrected chi connectivity index (χ3v) is 5.17. The van der Waals surface area contributed by atoms with Gasteiger partial charge in [-0.05, 0) is 29.8 Å². The maximum absolute atomic E-state index is 13.4. The molecule has 0 unspecified atom stereocenters. The van der Waals surface area contributed by atoms with Gasteiger partial charge in [0.1, 0.15) is 16.8 Å². The van der Waals surface area contributed by atoms with E-state index in [1.54, 1.807) is 0 Å². The summed E-state index contributed by atoms with van der Waals surface area (Å²) in [5, 5.41) is 9.32. The zero-order valence-corrected chi connectivity index (χ0v) is 18.1. The molecule has 3 aromatic rings. The standard InChI is InChI=1S/C23H17F3N2O7/c1-33-11-35-20-17-16(19(34-10-15(29)30)14-3-2-8-27-18(14)20)21(31)28(22(17)32)9-12-4-6-13(7-5-12)23(24,25)26/h2-8H,9-11H2,1H3,(H,29,30). The van der Waals surface area contributed by atoms with Crippen molar-refractivity contribution in [1.82, 2.24) is 9.88 Å². The second-order valence-corrected chi connectivity index (χ2v) is 7.43. The second kappa shape index (κ2) is 9.22. The molecule has 0 radical (unpaired) electrons. The molecule has 1 aliphatic heterocycles. The Kier molecular flexibility index (Phi) is 6.31. The van der Waals surface area contributed by atoms with Crippen LogP contribution in [0.15, 0.2) is 42.6 Å². The van der Waals surface area contributed by atoms with Crippen LogP contribution in [0.1, 0.15) is 31.8 Å². The van der Waals surface area contributed by atoms with E-state index in [1.807, 2.05) is 0 Å². The molecular formula is C23H17F3N2O7. The van der Waals surface area contributed by atoms with Gasteiger partial charge in [-0.15, -0.1) is 0 Å². The zero-order valence-electron chi connectivity index (χ0n) is 18.1. The number of rotatable bonds is 8. The molecule has 0 spiro atoms. The molecule has 1 aliphatic rings. The van der Waals surface area contributed by atoms with Crippen molar-refractivity contribution in [1.29, 1.82) is 0 Å². The molecule has 0 fully saturated rings. The number of imide groups is 1. The van der Waals surface area contributed by atoms with Crippen LogP contribution in [0.5, 0.6) is 11.5 Å². The van der Waals surface area contributed by atoms with Gasteiger partial charge in [0.05, 0.1) is 17.7 Å². The molecule has 1 aromatic heterocycles. The molecule has 9 nitrogen and oxygen atoms in total. The fraction of sp³-hybridized carbons (Fsp3) is 0.217. The van der Waals surface area contributed by atoms with Crippen molar-refractivity contribution in [3.63, 3.8) is 0 Å². The molecule has 2 aromatic carbocycles. The van der Waals surface area contributed by atoms with Crippen molar-refractivity contribution in [2.45, 2.75) is 12.7 Å². The molecule has 0 bridgehead atoms. The Bertz CT molecular complexity index is 1320. The minimum atomic E-state index is -4.54. The van der Waals surface area contributed by atoms with E-state index in [9.17, 15) is 27.6 Å². The number of carbonyl (C=O) groups is 3. The second-order valence-electron chi connectivity index (χ2n) is 7.43. The first-order chi connectivity index (χ1) is 16.6. The van der Waals surface area contributed by atoms with E-state index in [4.69, 9.17) is 19.3 Å². The third-order valence-electron chi connectivity index (χ3n) is 5.17. The Labute approximate surface area is 195 Å². The Morgan fingerprint density at radius 1 is 1.03 bits per heavy atom. The lowest BCUT2D eigenvalue weighted by Gasteiger charge is -2.15. The van der Waals surface area contributed by atoms with Crippen molar-refractivity contribution in [3.8, 4) is 11.5 Å². The number of methoxy groups -OCH3 is 1. The van der Waals surface area contributed by atoms with Gasteiger partial charge in [0, 0.05) is 18.7 Å². The van der Waals surface area contributed by atoms with Crippen molar-refractivity contribution >= 4 is 28.7 Å². The fourth-order valence-corrected chi connectivity index (χ4v) is 3.69. The number of nitrogens with zero attached hydrogens (tertiary/aromatic N) is 2. The summed E-state index contributed by atoms with van der Waals surface area (Å²) < 4.78 is 54.6. The molecule has 2 heterocycles. The zero-order chi connectivity index (χ0) is 25.3. The number of carboxylic acid groups (broad SMARTS) is 1. The highest BCUT2D eigenvalue weighted by atomic mass is 19.4. The van der Waals surface area contributed by atoms with Crippen molar-refractivity contribution in [2.24, 2.45) is 0 Å². The van der Waals surface area contributed by atoms with Gasteiger partial charge in [0.25, 0.3) is 11.8 Å². The lowest BCUT2D eigenvalue weighted by Crippen LogP contribution is -2.29. The summed E-state index contributed by atoms with van der Waals surface area (Å²) in [6.07, 6.45) is -3.12. The number of pyridine rings is 1. The lowest BCUT2D eigenvalue weighted by molar-refractivity contribution is -0.139. The van der Waals surface area contributed by atoms with Crippen LogP contribution in [0.3, 0.4) is 0 Å². The summed E-state index contributed by atoms with van der Waals surface area (Å²) >= 11 is 0. The number of hydrogen-bond acceptors (Lipinski definition) is 7. The van der Waals surface area contributed by atoms with Crippen LogP contribution < -0.4 is 9.47 Å². The Morgan fingerprint density at radius 3 is 2.29 bits per heavy atom. The quantitative estimate of drug-likeness (QED) is 0.377. The van der Waals surface area contributed by atoms with Gasteiger partial charge in [-0.25, -0.2) is 4.79 Å². The summed E-state index contributed by atoms with van der Waals surface area (Å²) in [5.74, 6) is -3.16. The van der Waals surface area contributed by atoms with Crippen LogP contribution in [-0.2, 0) is 22.3 Å². The highest BCUT2D eigenvalue weighted by Gasteiger charge is 2.43. The van der Waals surface area contributed by atoms with Crippen LogP contribution in [-0.4, -0.2) is 53.3 Å². The maximum atomic E-state index is 13.4. The van der Waals surface area contributed by atoms with Crippen molar-refractivity contribution in [3.05, 3.63) is 64.8 Å². The summed E-state index contributed by atoms with van der Waals surface area (Å²) in [4.78, 5) is 42.9. The molecule has 2 amide bonds. The predicted octanol–water partition coefficient (Wildman–Crippen LogP) is 3.50. The summed E-state index contributed by atoms with van der Waals surface area (Å²) in [5.41, 5.74) is -0.898. The average Bonchev–Trinajstić information content (AvgIpc) is 3.06. The SMILES string of the molecule is COCOc1c2c(c(OCC(=O)O)c3cccnc13)C(=O)N(Cc1ccc(C(F)(F)F)cc1)C2=O. The number of hydrogen-bond donors (Lipinski definition) is 1. The normalized spacial score (nSPS) is 13.3.